The zero-order valence-electron chi connectivity index (χ0n) is 6.94. The number of rotatable bonds is 1. The molecule has 0 amide bonds. The van der Waals surface area contributed by atoms with E-state index in [1.165, 1.54) is 5.39 Å². The van der Waals surface area contributed by atoms with Crippen LogP contribution < -0.4 is 10.4 Å². The minimum atomic E-state index is 0.792. The summed E-state index contributed by atoms with van der Waals surface area (Å²) < 4.78 is 1.09. The summed E-state index contributed by atoms with van der Waals surface area (Å²) in [6.45, 7) is 0. The van der Waals surface area contributed by atoms with Gasteiger partial charge >= 0.3 is 0 Å². The predicted molar refractivity (Wildman–Crippen MR) is 56.5 cm³/mol. The summed E-state index contributed by atoms with van der Waals surface area (Å²) in [5.74, 6) is 5.40. The molecule has 0 bridgehead atoms. The molecule has 3 heteroatoms. The highest BCUT2D eigenvalue weighted by atomic mass is 35.5. The Morgan fingerprint density at radius 2 is 1.69 bits per heavy atom. The number of anilines is 1. The second kappa shape index (κ2) is 3.24. The number of fused-ring (bicyclic) bond motifs is 1. The summed E-state index contributed by atoms with van der Waals surface area (Å²) in [7, 11) is 0. The second-order valence-electron chi connectivity index (χ2n) is 2.84. The van der Waals surface area contributed by atoms with E-state index in [-0.39, 0.29) is 0 Å². The fourth-order valence-electron chi connectivity index (χ4n) is 1.31. The molecule has 0 fully saturated rings. The van der Waals surface area contributed by atoms with Gasteiger partial charge in [0.1, 0.15) is 0 Å². The molecule has 2 N–H and O–H groups in total. The molecule has 0 radical (unpaired) electrons. The molecule has 0 aromatic heterocycles. The van der Waals surface area contributed by atoms with Gasteiger partial charge in [-0.15, -0.1) is 0 Å². The summed E-state index contributed by atoms with van der Waals surface area (Å²) in [6.07, 6.45) is 0. The highest BCUT2D eigenvalue weighted by Crippen LogP contribution is 2.20. The van der Waals surface area contributed by atoms with E-state index in [1.807, 2.05) is 42.5 Å². The maximum Gasteiger partial charge on any atom is 0.0709 e. The number of hydrogen-bond acceptors (Lipinski definition) is 2. The molecule has 0 atom stereocenters. The lowest BCUT2D eigenvalue weighted by Gasteiger charge is -2.08. The van der Waals surface area contributed by atoms with Crippen LogP contribution in [0.5, 0.6) is 0 Å². The largest absolute Gasteiger partial charge is 0.232 e. The van der Waals surface area contributed by atoms with Gasteiger partial charge in [-0.25, -0.2) is 10.4 Å². The summed E-state index contributed by atoms with van der Waals surface area (Å²) >= 11 is 5.61. The Morgan fingerprint density at radius 1 is 1.00 bits per heavy atom. The van der Waals surface area contributed by atoms with Crippen molar-refractivity contribution in [2.45, 2.75) is 0 Å². The first-order valence-corrected chi connectivity index (χ1v) is 4.30. The summed E-state index contributed by atoms with van der Waals surface area (Å²) in [5.41, 5.74) is 0.792. The third-order valence-corrected chi connectivity index (χ3v) is 2.17. The van der Waals surface area contributed by atoms with Crippen LogP contribution in [-0.4, -0.2) is 0 Å². The van der Waals surface area contributed by atoms with Gasteiger partial charge in [0.15, 0.2) is 0 Å². The first-order chi connectivity index (χ1) is 6.27. The number of hydrogen-bond donors (Lipinski definition) is 1. The first kappa shape index (κ1) is 8.35. The van der Waals surface area contributed by atoms with E-state index >= 15 is 0 Å². The molecular weight excluding hydrogens is 184 g/mol. The molecule has 0 aliphatic heterocycles. The molecule has 66 valence electrons. The van der Waals surface area contributed by atoms with Crippen LogP contribution in [0.3, 0.4) is 0 Å². The Labute approximate surface area is 81.6 Å². The molecule has 0 heterocycles. The molecule has 2 aromatic carbocycles. The zero-order valence-corrected chi connectivity index (χ0v) is 7.70. The van der Waals surface area contributed by atoms with Gasteiger partial charge in [0, 0.05) is 11.8 Å². The Kier molecular flexibility index (Phi) is 2.08. The van der Waals surface area contributed by atoms with Crippen molar-refractivity contribution in [2.75, 3.05) is 4.53 Å². The molecule has 0 spiro atoms. The van der Waals surface area contributed by atoms with Gasteiger partial charge in [0.25, 0.3) is 0 Å². The molecule has 0 unspecified atom stereocenters. The summed E-state index contributed by atoms with van der Waals surface area (Å²) in [6, 6.07) is 13.9. The van der Waals surface area contributed by atoms with E-state index in [0.717, 1.165) is 15.6 Å². The molecule has 2 rings (SSSR count). The van der Waals surface area contributed by atoms with Crippen molar-refractivity contribution in [1.29, 1.82) is 0 Å². The van der Waals surface area contributed by atoms with Crippen molar-refractivity contribution in [3.8, 4) is 0 Å². The van der Waals surface area contributed by atoms with Gasteiger partial charge in [-0.3, -0.25) is 0 Å². The van der Waals surface area contributed by atoms with Crippen molar-refractivity contribution < 1.29 is 0 Å². The van der Waals surface area contributed by atoms with E-state index in [4.69, 9.17) is 17.6 Å². The molecular formula is C10H9ClN2. The van der Waals surface area contributed by atoms with E-state index in [2.05, 4.69) is 0 Å². The van der Waals surface area contributed by atoms with Crippen molar-refractivity contribution >= 4 is 28.2 Å². The lowest BCUT2D eigenvalue weighted by molar-refractivity contribution is 1.20. The van der Waals surface area contributed by atoms with Gasteiger partial charge in [0.2, 0.25) is 0 Å². The lowest BCUT2D eigenvalue weighted by atomic mass is 10.1. The summed E-state index contributed by atoms with van der Waals surface area (Å²) in [4.78, 5) is 0. The Morgan fingerprint density at radius 3 is 2.38 bits per heavy atom. The Bertz CT molecular complexity index is 426. The molecule has 0 saturated carbocycles. The van der Waals surface area contributed by atoms with Crippen LogP contribution in [0, 0.1) is 0 Å². The molecule has 2 nitrogen and oxygen atoms in total. The van der Waals surface area contributed by atoms with E-state index in [1.54, 1.807) is 0 Å². The van der Waals surface area contributed by atoms with Gasteiger partial charge < -0.3 is 0 Å². The Hall–Kier alpha value is -1.25. The van der Waals surface area contributed by atoms with Crippen LogP contribution >= 0.6 is 11.8 Å². The average molecular weight is 193 g/mol. The van der Waals surface area contributed by atoms with Crippen molar-refractivity contribution in [3.63, 3.8) is 0 Å². The standard InChI is InChI=1S/C10H9ClN2/c11-13(12)10-6-5-8-3-1-2-4-9(8)7-10/h1-7H,12H2. The average Bonchev–Trinajstić information content (AvgIpc) is 2.17. The van der Waals surface area contributed by atoms with E-state index in [9.17, 15) is 0 Å². The number of halogens is 1. The maximum atomic E-state index is 5.61. The van der Waals surface area contributed by atoms with Crippen LogP contribution in [0.1, 0.15) is 0 Å². The fourth-order valence-corrected chi connectivity index (χ4v) is 1.41. The summed E-state index contributed by atoms with van der Waals surface area (Å²) in [5, 5.41) is 2.32. The highest BCUT2D eigenvalue weighted by Gasteiger charge is 1.98. The number of nitrogens with zero attached hydrogens (tertiary/aromatic N) is 1. The quantitative estimate of drug-likeness (QED) is 0.428. The van der Waals surface area contributed by atoms with Crippen molar-refractivity contribution in [3.05, 3.63) is 42.5 Å². The third-order valence-electron chi connectivity index (χ3n) is 1.98. The van der Waals surface area contributed by atoms with Gasteiger partial charge in [-0.1, -0.05) is 30.3 Å². The molecule has 2 aromatic rings. The minimum absolute atomic E-state index is 0.792. The first-order valence-electron chi connectivity index (χ1n) is 3.97. The van der Waals surface area contributed by atoms with Crippen molar-refractivity contribution in [2.24, 2.45) is 5.84 Å². The normalized spacial score (nSPS) is 10.3. The Balaban J connectivity index is 2.62. The minimum Gasteiger partial charge on any atom is -0.232 e. The predicted octanol–water partition coefficient (Wildman–Crippen LogP) is 2.67. The lowest BCUT2D eigenvalue weighted by Crippen LogP contribution is -2.17. The fraction of sp³-hybridized carbons (Fsp3) is 0. The smallest absolute Gasteiger partial charge is 0.0709 e. The van der Waals surface area contributed by atoms with Crippen molar-refractivity contribution in [1.82, 2.24) is 0 Å². The van der Waals surface area contributed by atoms with Crippen LogP contribution in [0.4, 0.5) is 5.69 Å². The molecule has 13 heavy (non-hydrogen) atoms. The van der Waals surface area contributed by atoms with Gasteiger partial charge in [0.05, 0.1) is 5.69 Å². The highest BCUT2D eigenvalue weighted by molar-refractivity contribution is 6.25. The van der Waals surface area contributed by atoms with Crippen LogP contribution in [0.2, 0.25) is 0 Å². The topological polar surface area (TPSA) is 29.3 Å². The number of hydrazine groups is 1. The van der Waals surface area contributed by atoms with E-state index in [0.29, 0.717) is 0 Å². The third kappa shape index (κ3) is 1.59. The zero-order chi connectivity index (χ0) is 9.26. The molecule has 0 saturated heterocycles. The van der Waals surface area contributed by atoms with Gasteiger partial charge in [-0.05, 0) is 22.9 Å². The number of nitrogens with two attached hydrogens (primary N) is 1. The second-order valence-corrected chi connectivity index (χ2v) is 3.21. The maximum absolute atomic E-state index is 5.61. The van der Waals surface area contributed by atoms with E-state index < -0.39 is 0 Å². The monoisotopic (exact) mass is 192 g/mol. The van der Waals surface area contributed by atoms with Crippen LogP contribution in [0.15, 0.2) is 42.5 Å². The number of benzene rings is 2. The molecule has 0 aliphatic rings. The van der Waals surface area contributed by atoms with Crippen LogP contribution in [0.25, 0.3) is 10.8 Å². The SMILES string of the molecule is NN(Cl)c1ccc2ccccc2c1. The van der Waals surface area contributed by atoms with Crippen LogP contribution in [-0.2, 0) is 0 Å². The molecule has 0 aliphatic carbocycles. The van der Waals surface area contributed by atoms with Gasteiger partial charge in [-0.2, -0.15) is 0 Å².